The Morgan fingerprint density at radius 1 is 0.947 bits per heavy atom. The molecule has 0 unspecified atom stereocenters. The summed E-state index contributed by atoms with van der Waals surface area (Å²) in [6.45, 7) is 5.24. The van der Waals surface area contributed by atoms with Crippen LogP contribution in [0.25, 0.3) is 0 Å². The van der Waals surface area contributed by atoms with Crippen LogP contribution in [0, 0.1) is 20.8 Å². The van der Waals surface area contributed by atoms with E-state index in [0.29, 0.717) is 16.8 Å². The number of benzene rings is 1. The number of nitrogens with one attached hydrogen (secondary N) is 1. The van der Waals surface area contributed by atoms with E-state index in [9.17, 15) is 9.13 Å². The highest BCUT2D eigenvalue weighted by Gasteiger charge is 2.43. The van der Waals surface area contributed by atoms with Crippen molar-refractivity contribution in [1.29, 1.82) is 0 Å². The predicted octanol–water partition coefficient (Wildman–Crippen LogP) is 1.66. The lowest BCUT2D eigenvalue weighted by atomic mass is 10.1. The highest BCUT2D eigenvalue weighted by atomic mass is 31.2. The normalized spacial score (nSPS) is 12.8. The largest absolute Gasteiger partial charge is 0.361 e. The summed E-state index contributed by atoms with van der Waals surface area (Å²) in [4.78, 5) is 36.3. The molecule has 1 aromatic rings. The van der Waals surface area contributed by atoms with Gasteiger partial charge in [0, 0.05) is 5.69 Å². The van der Waals surface area contributed by atoms with Crippen molar-refractivity contribution in [2.45, 2.75) is 26.3 Å². The van der Waals surface area contributed by atoms with E-state index in [-0.39, 0.29) is 0 Å². The van der Waals surface area contributed by atoms with E-state index in [0.717, 1.165) is 5.56 Å². The van der Waals surface area contributed by atoms with Gasteiger partial charge >= 0.3 is 15.2 Å². The van der Waals surface area contributed by atoms with Crippen molar-refractivity contribution in [3.8, 4) is 0 Å². The first-order valence-electron chi connectivity index (χ1n) is 5.37. The lowest BCUT2D eigenvalue weighted by Gasteiger charge is -2.24. The average Bonchev–Trinajstić information content (AvgIpc) is 2.11. The molecule has 108 valence electrons. The minimum absolute atomic E-state index is 0.322. The second-order valence-corrected chi connectivity index (χ2v) is 8.27. The van der Waals surface area contributed by atoms with E-state index in [1.165, 1.54) is 0 Å². The molecule has 0 aliphatic carbocycles. The molecule has 0 amide bonds. The Hall–Kier alpha value is -0.680. The van der Waals surface area contributed by atoms with Crippen molar-refractivity contribution in [2.75, 3.05) is 5.32 Å². The maximum Gasteiger partial charge on any atom is 0.360 e. The minimum Gasteiger partial charge on any atom is -0.361 e. The molecule has 5 N–H and O–H groups in total. The van der Waals surface area contributed by atoms with Gasteiger partial charge in [-0.05, 0) is 31.9 Å². The maximum absolute atomic E-state index is 11.2. The summed E-state index contributed by atoms with van der Waals surface area (Å²) in [5.41, 5.74) is 0.348. The first-order valence-corrected chi connectivity index (χ1v) is 8.74. The average molecular weight is 309 g/mol. The van der Waals surface area contributed by atoms with Crippen molar-refractivity contribution in [2.24, 2.45) is 0 Å². The Morgan fingerprint density at radius 3 is 1.63 bits per heavy atom. The summed E-state index contributed by atoms with van der Waals surface area (Å²) in [6, 6.07) is 3.51. The second kappa shape index (κ2) is 5.37. The Bertz CT molecular complexity index is 530. The van der Waals surface area contributed by atoms with E-state index in [2.05, 4.69) is 5.32 Å². The van der Waals surface area contributed by atoms with Crippen LogP contribution in [0.1, 0.15) is 16.7 Å². The van der Waals surface area contributed by atoms with Crippen LogP contribution in [0.15, 0.2) is 12.1 Å². The van der Waals surface area contributed by atoms with Crippen LogP contribution in [0.5, 0.6) is 0 Å². The molecule has 0 saturated heterocycles. The molecule has 0 atom stereocenters. The van der Waals surface area contributed by atoms with Gasteiger partial charge < -0.3 is 24.9 Å². The third-order valence-corrected chi connectivity index (χ3v) is 5.93. The molecular weight excluding hydrogens is 292 g/mol. The molecule has 0 heterocycles. The third kappa shape index (κ3) is 4.14. The van der Waals surface area contributed by atoms with Crippen LogP contribution in [-0.4, -0.2) is 25.1 Å². The Kier molecular flexibility index (Phi) is 4.62. The quantitative estimate of drug-likeness (QED) is 0.535. The summed E-state index contributed by atoms with van der Waals surface area (Å²) in [5.74, 6) is 0. The fourth-order valence-electron chi connectivity index (χ4n) is 1.90. The zero-order valence-corrected chi connectivity index (χ0v) is 12.5. The number of hydrogen-bond donors (Lipinski definition) is 5. The Labute approximate surface area is 111 Å². The summed E-state index contributed by atoms with van der Waals surface area (Å²) in [6.07, 6.45) is 0. The molecule has 7 nitrogen and oxygen atoms in total. The van der Waals surface area contributed by atoms with E-state index in [4.69, 9.17) is 19.6 Å². The van der Waals surface area contributed by atoms with Gasteiger partial charge in [-0.2, -0.15) is 0 Å². The first kappa shape index (κ1) is 16.4. The summed E-state index contributed by atoms with van der Waals surface area (Å²) < 4.78 is 22.4. The lowest BCUT2D eigenvalue weighted by Crippen LogP contribution is -2.21. The van der Waals surface area contributed by atoms with Gasteiger partial charge in [0.1, 0.15) is 0 Å². The number of anilines is 1. The van der Waals surface area contributed by atoms with Gasteiger partial charge in [0.05, 0.1) is 0 Å². The molecule has 9 heteroatoms. The molecule has 0 saturated carbocycles. The SMILES string of the molecule is Cc1cc(C)c(NC(P(=O)(O)O)P(=O)(O)O)c(C)c1. The Morgan fingerprint density at radius 2 is 1.32 bits per heavy atom. The van der Waals surface area contributed by atoms with Gasteiger partial charge in [0.2, 0.25) is 5.52 Å². The molecule has 0 aliphatic heterocycles. The van der Waals surface area contributed by atoms with Crippen LogP contribution < -0.4 is 5.32 Å². The molecule has 1 rings (SSSR count). The van der Waals surface area contributed by atoms with Crippen molar-refractivity contribution >= 4 is 20.9 Å². The van der Waals surface area contributed by atoms with Gasteiger partial charge in [0.15, 0.2) is 0 Å². The Balaban J connectivity index is 3.26. The lowest BCUT2D eigenvalue weighted by molar-refractivity contribution is 0.343. The van der Waals surface area contributed by atoms with Crippen LogP contribution >= 0.6 is 15.2 Å². The van der Waals surface area contributed by atoms with Crippen molar-refractivity contribution in [1.82, 2.24) is 0 Å². The van der Waals surface area contributed by atoms with E-state index < -0.39 is 20.7 Å². The molecule has 0 radical (unpaired) electrons. The molecule has 1 aromatic carbocycles. The van der Waals surface area contributed by atoms with Crippen LogP contribution in [-0.2, 0) is 9.13 Å². The molecule has 0 spiro atoms. The van der Waals surface area contributed by atoms with Gasteiger partial charge in [-0.3, -0.25) is 9.13 Å². The van der Waals surface area contributed by atoms with E-state index >= 15 is 0 Å². The summed E-state index contributed by atoms with van der Waals surface area (Å²) in [5, 5.41) is 2.30. The monoisotopic (exact) mass is 309 g/mol. The van der Waals surface area contributed by atoms with Gasteiger partial charge in [-0.1, -0.05) is 17.7 Å². The molecular formula is C10H17NO6P2. The molecule has 0 bridgehead atoms. The molecule has 0 aliphatic rings. The smallest absolute Gasteiger partial charge is 0.360 e. The van der Waals surface area contributed by atoms with Crippen molar-refractivity contribution in [3.05, 3.63) is 28.8 Å². The van der Waals surface area contributed by atoms with Gasteiger partial charge in [-0.25, -0.2) is 0 Å². The number of rotatable bonds is 4. The predicted molar refractivity (Wildman–Crippen MR) is 72.2 cm³/mol. The summed E-state index contributed by atoms with van der Waals surface area (Å²) >= 11 is 0. The fraction of sp³-hybridized carbons (Fsp3) is 0.400. The topological polar surface area (TPSA) is 127 Å². The van der Waals surface area contributed by atoms with Crippen molar-refractivity contribution < 1.29 is 28.7 Å². The van der Waals surface area contributed by atoms with E-state index in [1.54, 1.807) is 26.0 Å². The summed E-state index contributed by atoms with van der Waals surface area (Å²) in [7, 11) is -9.98. The third-order valence-electron chi connectivity index (χ3n) is 2.59. The number of hydrogen-bond acceptors (Lipinski definition) is 3. The van der Waals surface area contributed by atoms with Gasteiger partial charge in [0.25, 0.3) is 0 Å². The second-order valence-electron chi connectivity index (χ2n) is 4.47. The van der Waals surface area contributed by atoms with Crippen molar-refractivity contribution in [3.63, 3.8) is 0 Å². The van der Waals surface area contributed by atoms with Crippen LogP contribution in [0.2, 0.25) is 0 Å². The minimum atomic E-state index is -4.99. The zero-order chi connectivity index (χ0) is 15.0. The highest BCUT2D eigenvalue weighted by molar-refractivity contribution is 7.71. The highest BCUT2D eigenvalue weighted by Crippen LogP contribution is 2.59. The standard InChI is InChI=1S/C10H17NO6P2/c1-6-4-7(2)9(8(3)5-6)11-10(18(12,13)14)19(15,16)17/h4-5,10-11H,1-3H3,(H2,12,13,14)(H2,15,16,17). The zero-order valence-electron chi connectivity index (χ0n) is 10.7. The first-order chi connectivity index (χ1) is 8.43. The fourth-order valence-corrected chi connectivity index (χ4v) is 4.06. The maximum atomic E-state index is 11.2. The van der Waals surface area contributed by atoms with Crippen LogP contribution in [0.4, 0.5) is 5.69 Å². The number of aryl methyl sites for hydroxylation is 3. The van der Waals surface area contributed by atoms with Crippen LogP contribution in [0.3, 0.4) is 0 Å². The molecule has 0 fully saturated rings. The van der Waals surface area contributed by atoms with Gasteiger partial charge in [-0.15, -0.1) is 0 Å². The molecule has 0 aromatic heterocycles. The van der Waals surface area contributed by atoms with E-state index in [1.807, 2.05) is 6.92 Å². The molecule has 19 heavy (non-hydrogen) atoms.